The normalized spacial score (nSPS) is 11.2. The Labute approximate surface area is 158 Å². The van der Waals surface area contributed by atoms with E-state index in [0.717, 1.165) is 12.0 Å². The van der Waals surface area contributed by atoms with Crippen molar-refractivity contribution in [2.75, 3.05) is 6.38 Å². The van der Waals surface area contributed by atoms with Gasteiger partial charge in [0.15, 0.2) is 5.82 Å². The van der Waals surface area contributed by atoms with E-state index < -0.39 is 6.10 Å². The van der Waals surface area contributed by atoms with Gasteiger partial charge in [-0.1, -0.05) is 36.8 Å². The largest absolute Gasteiger partial charge is 0.385 e. The molecule has 7 heteroatoms. The molecular weight excluding hydrogens is 326 g/mol. The van der Waals surface area contributed by atoms with Gasteiger partial charge in [0, 0.05) is 12.9 Å². The lowest BCUT2D eigenvalue weighted by molar-refractivity contribution is 0.182. The molecule has 0 fully saturated rings. The molecule has 0 aliphatic carbocycles. The van der Waals surface area contributed by atoms with Gasteiger partial charge in [0.25, 0.3) is 0 Å². The highest BCUT2D eigenvalue weighted by Crippen LogP contribution is 2.09. The second-order valence-corrected chi connectivity index (χ2v) is 5.11. The summed E-state index contributed by atoms with van der Waals surface area (Å²) in [6.45, 7) is 6.65. The van der Waals surface area contributed by atoms with Gasteiger partial charge in [-0.3, -0.25) is 4.57 Å². The van der Waals surface area contributed by atoms with Crippen molar-refractivity contribution < 1.29 is 5.11 Å². The van der Waals surface area contributed by atoms with Crippen molar-refractivity contribution in [1.82, 2.24) is 14.3 Å². The van der Waals surface area contributed by atoms with Crippen molar-refractivity contribution >= 4 is 34.7 Å². The van der Waals surface area contributed by atoms with Crippen LogP contribution < -0.4 is 5.69 Å². The zero-order valence-electron chi connectivity index (χ0n) is 13.6. The van der Waals surface area contributed by atoms with Crippen LogP contribution in [0.25, 0.3) is 0 Å². The predicted octanol–water partition coefficient (Wildman–Crippen LogP) is 1.80. The van der Waals surface area contributed by atoms with E-state index in [-0.39, 0.29) is 28.7 Å². The molecule has 1 unspecified atom stereocenters. The highest BCUT2D eigenvalue weighted by Gasteiger charge is 2.16. The van der Waals surface area contributed by atoms with E-state index >= 15 is 0 Å². The molecule has 5 nitrogen and oxygen atoms in total. The number of nitrogens with zero attached hydrogens (tertiary/aromatic N) is 3. The number of aryl methyl sites for hydroxylation is 1. The van der Waals surface area contributed by atoms with E-state index in [4.69, 9.17) is 0 Å². The first-order valence-corrected chi connectivity index (χ1v) is 8.07. The molecule has 23 heavy (non-hydrogen) atoms. The number of rotatable bonds is 5. The summed E-state index contributed by atoms with van der Waals surface area (Å²) < 4.78 is 2.97. The number of aliphatic hydroxyl groups excluding tert-OH is 1. The molecule has 0 radical (unpaired) electrons. The molecule has 1 atom stereocenters. The van der Waals surface area contributed by atoms with Gasteiger partial charge in [-0.15, -0.1) is 11.6 Å². The Morgan fingerprint density at radius 1 is 1.26 bits per heavy atom. The lowest BCUT2D eigenvalue weighted by atomic mass is 10.1. The van der Waals surface area contributed by atoms with Crippen molar-refractivity contribution in [2.24, 2.45) is 0 Å². The topological polar surface area (TPSA) is 60.0 Å². The van der Waals surface area contributed by atoms with Crippen LogP contribution in [0.2, 0.25) is 0 Å². The van der Waals surface area contributed by atoms with Crippen molar-refractivity contribution in [1.29, 1.82) is 0 Å². The Morgan fingerprint density at radius 3 is 2.30 bits per heavy atom. The molecule has 126 valence electrons. The summed E-state index contributed by atoms with van der Waals surface area (Å²) in [5.41, 5.74) is 2.04. The third kappa shape index (κ3) is 5.95. The first-order valence-electron chi connectivity index (χ1n) is 7.32. The molecule has 0 aliphatic heterocycles. The molecule has 1 N–H and O–H groups in total. The number of benzene rings is 1. The number of alkyl halides is 1. The second-order valence-electron chi connectivity index (χ2n) is 5.11. The summed E-state index contributed by atoms with van der Waals surface area (Å²) in [4.78, 5) is 12.3. The molecule has 1 aromatic carbocycles. The monoisotopic (exact) mass is 351 g/mol. The van der Waals surface area contributed by atoms with Crippen LogP contribution in [0.1, 0.15) is 43.3 Å². The molecule has 2 aromatic rings. The average molecular weight is 352 g/mol. The number of hydrogen-bond acceptors (Lipinski definition) is 3. The summed E-state index contributed by atoms with van der Waals surface area (Å²) in [7, 11) is 0. The average Bonchev–Trinajstić information content (AvgIpc) is 2.82. The van der Waals surface area contributed by atoms with Crippen LogP contribution in [0.5, 0.6) is 0 Å². The van der Waals surface area contributed by atoms with Gasteiger partial charge >= 0.3 is 28.7 Å². The SMILES string of the molecule is CCCn1c(C(C)O)nn(Cc2ccc(C)cc2)c1=O.CCl.[MgH2]. The standard InChI is InChI=1S/C15H21N3O2.CH3Cl.Mg.2H/c1-4-9-17-14(12(3)19)16-18(15(17)20)10-13-7-5-11(2)6-8-13;1-2;;;/h5-8,12,19H,4,9-10H2,1-3H3;1H3;;;. The van der Waals surface area contributed by atoms with Gasteiger partial charge in [0.2, 0.25) is 0 Å². The Morgan fingerprint density at radius 2 is 1.83 bits per heavy atom. The van der Waals surface area contributed by atoms with E-state index in [1.165, 1.54) is 16.6 Å². The van der Waals surface area contributed by atoms with Crippen LogP contribution in [0.4, 0.5) is 0 Å². The highest BCUT2D eigenvalue weighted by molar-refractivity contribution is 6.15. The maximum absolute atomic E-state index is 12.3. The van der Waals surface area contributed by atoms with Gasteiger partial charge < -0.3 is 5.11 Å². The first-order chi connectivity index (χ1) is 10.5. The number of hydrogen-bond donors (Lipinski definition) is 1. The number of halogens is 1. The van der Waals surface area contributed by atoms with E-state index in [1.54, 1.807) is 11.5 Å². The van der Waals surface area contributed by atoms with Crippen LogP contribution in [0, 0.1) is 6.92 Å². The zero-order chi connectivity index (χ0) is 16.7. The molecule has 0 saturated carbocycles. The highest BCUT2D eigenvalue weighted by atomic mass is 35.5. The minimum atomic E-state index is -0.742. The Hall–Kier alpha value is -0.824. The number of aromatic nitrogens is 3. The fraction of sp³-hybridized carbons (Fsp3) is 0.500. The maximum atomic E-state index is 12.3. The lowest BCUT2D eigenvalue weighted by Crippen LogP contribution is -2.26. The van der Waals surface area contributed by atoms with Gasteiger partial charge in [0.1, 0.15) is 6.10 Å². The van der Waals surface area contributed by atoms with Crippen molar-refractivity contribution in [2.45, 2.75) is 46.4 Å². The van der Waals surface area contributed by atoms with Gasteiger partial charge in [-0.2, -0.15) is 5.10 Å². The molecule has 0 bridgehead atoms. The summed E-state index contributed by atoms with van der Waals surface area (Å²) >= 11 is 4.64. The second kappa shape index (κ2) is 10.9. The fourth-order valence-electron chi connectivity index (χ4n) is 2.17. The molecule has 0 saturated heterocycles. The summed E-state index contributed by atoms with van der Waals surface area (Å²) in [6.07, 6.45) is 1.56. The predicted molar refractivity (Wildman–Crippen MR) is 98.0 cm³/mol. The molecule has 0 amide bonds. The van der Waals surface area contributed by atoms with Crippen LogP contribution >= 0.6 is 11.6 Å². The Balaban J connectivity index is 0.00000155. The summed E-state index contributed by atoms with van der Waals surface area (Å²) in [5.74, 6) is 0.434. The molecule has 1 aromatic heterocycles. The summed E-state index contributed by atoms with van der Waals surface area (Å²) in [6, 6.07) is 8.00. The Bertz CT molecular complexity index is 636. The van der Waals surface area contributed by atoms with Crippen LogP contribution in [-0.2, 0) is 13.1 Å². The molecule has 1 heterocycles. The van der Waals surface area contributed by atoms with Gasteiger partial charge in [0.05, 0.1) is 6.54 Å². The summed E-state index contributed by atoms with van der Waals surface area (Å²) in [5, 5.41) is 14.0. The smallest absolute Gasteiger partial charge is 0.346 e. The van der Waals surface area contributed by atoms with Crippen LogP contribution in [0.15, 0.2) is 29.1 Å². The van der Waals surface area contributed by atoms with Crippen molar-refractivity contribution in [3.63, 3.8) is 0 Å². The molecular formula is C16H26ClMgN3O2. The quantitative estimate of drug-likeness (QED) is 0.660. The third-order valence-electron chi connectivity index (χ3n) is 3.23. The van der Waals surface area contributed by atoms with Crippen molar-refractivity contribution in [3.05, 3.63) is 51.7 Å². The maximum Gasteiger partial charge on any atom is 0.346 e. The first kappa shape index (κ1) is 22.2. The van der Waals surface area contributed by atoms with Crippen molar-refractivity contribution in [3.8, 4) is 0 Å². The lowest BCUT2D eigenvalue weighted by Gasteiger charge is -2.04. The Kier molecular flexibility index (Phi) is 10.5. The van der Waals surface area contributed by atoms with E-state index in [0.29, 0.717) is 18.9 Å². The minimum absolute atomic E-state index is 0. The van der Waals surface area contributed by atoms with E-state index in [9.17, 15) is 9.90 Å². The fourth-order valence-corrected chi connectivity index (χ4v) is 2.17. The zero-order valence-corrected chi connectivity index (χ0v) is 14.3. The number of aliphatic hydroxyl groups is 1. The minimum Gasteiger partial charge on any atom is -0.385 e. The van der Waals surface area contributed by atoms with Crippen LogP contribution in [-0.4, -0.2) is 48.9 Å². The van der Waals surface area contributed by atoms with Gasteiger partial charge in [-0.05, 0) is 25.8 Å². The molecule has 2 rings (SSSR count). The third-order valence-corrected chi connectivity index (χ3v) is 3.23. The van der Waals surface area contributed by atoms with E-state index in [1.807, 2.05) is 38.1 Å². The molecule has 0 aliphatic rings. The van der Waals surface area contributed by atoms with Gasteiger partial charge in [-0.25, -0.2) is 9.48 Å². The van der Waals surface area contributed by atoms with E-state index in [2.05, 4.69) is 16.7 Å². The molecule has 0 spiro atoms. The van der Waals surface area contributed by atoms with Crippen LogP contribution in [0.3, 0.4) is 0 Å².